The number of allylic oxidation sites excluding steroid dienone is 4. The molecule has 8 unspecified atom stereocenters. The lowest BCUT2D eigenvalue weighted by atomic mass is 9.32. The fourth-order valence-electron chi connectivity index (χ4n) is 11.3. The summed E-state index contributed by atoms with van der Waals surface area (Å²) in [5.74, 6) is 1.56. The van der Waals surface area contributed by atoms with E-state index in [0.29, 0.717) is 55.2 Å². The van der Waals surface area contributed by atoms with Crippen LogP contribution in [-0.4, -0.2) is 79.7 Å². The van der Waals surface area contributed by atoms with Crippen LogP contribution in [-0.2, 0) is 4.74 Å². The smallest absolute Gasteiger partial charge is 0.321 e. The first kappa shape index (κ1) is 35.7. The van der Waals surface area contributed by atoms with Crippen molar-refractivity contribution in [3.05, 3.63) is 77.9 Å². The van der Waals surface area contributed by atoms with Crippen LogP contribution in [0.25, 0.3) is 0 Å². The number of aliphatic hydroxyl groups excluding tert-OH is 1. The van der Waals surface area contributed by atoms with Crippen molar-refractivity contribution >= 4 is 17.5 Å². The molecule has 3 saturated carbocycles. The van der Waals surface area contributed by atoms with Crippen molar-refractivity contribution in [3.8, 4) is 11.5 Å². The van der Waals surface area contributed by atoms with Crippen molar-refractivity contribution in [2.45, 2.75) is 76.9 Å². The van der Waals surface area contributed by atoms with Gasteiger partial charge in [-0.1, -0.05) is 32.1 Å². The molecule has 8 rings (SSSR count). The van der Waals surface area contributed by atoms with Crippen molar-refractivity contribution in [2.75, 3.05) is 46.3 Å². The van der Waals surface area contributed by atoms with Crippen LogP contribution in [0, 0.1) is 33.5 Å². The average Bonchev–Trinajstić information content (AvgIpc) is 3.41. The molecule has 0 aromatic heterocycles. The lowest BCUT2D eigenvalue weighted by molar-refractivity contribution is -0.174. The van der Waals surface area contributed by atoms with E-state index in [9.17, 15) is 19.8 Å². The maximum atomic E-state index is 14.8. The van der Waals surface area contributed by atoms with Gasteiger partial charge in [0.2, 0.25) is 0 Å². The number of methoxy groups -OCH3 is 3. The summed E-state index contributed by atoms with van der Waals surface area (Å²) in [6.07, 6.45) is 12.2. The highest BCUT2D eigenvalue weighted by Gasteiger charge is 2.74. The topological polar surface area (TPSA) is 118 Å². The second-order valence-corrected chi connectivity index (χ2v) is 16.3. The molecule has 2 aromatic rings. The van der Waals surface area contributed by atoms with Gasteiger partial charge < -0.3 is 34.6 Å². The molecule has 0 aliphatic heterocycles. The Hall–Kier alpha value is -3.66. The van der Waals surface area contributed by atoms with E-state index in [1.54, 1.807) is 38.4 Å². The first-order valence-electron chi connectivity index (χ1n) is 18.6. The minimum atomic E-state index is -1.18. The molecule has 6 aliphatic carbocycles. The highest BCUT2D eigenvalue weighted by molar-refractivity contribution is 6.10. The lowest BCUT2D eigenvalue weighted by Gasteiger charge is -2.71. The number of benzene rings is 2. The molecule has 6 aliphatic rings. The molecular weight excluding hydrogens is 644 g/mol. The number of ether oxygens (including phenoxy) is 3. The molecule has 2 bridgehead atoms. The number of hydrogen-bond acceptors (Lipinski definition) is 7. The number of nitrogens with zero attached hydrogens (tertiary/aromatic N) is 1. The van der Waals surface area contributed by atoms with E-state index in [1.807, 2.05) is 36.4 Å². The number of urea groups is 1. The average molecular weight is 699 g/mol. The van der Waals surface area contributed by atoms with Gasteiger partial charge >= 0.3 is 6.03 Å². The number of hydrogen-bond donors (Lipinski definition) is 3. The Kier molecular flexibility index (Phi) is 9.16. The SMILES string of the molecule is COCCCN(CC1(O)CCC2C34C=CC5(C=C3C(=O)c3ccc(OC)cc3)CC(O)CCC5(C)C4CCC21C)C(=O)Nc1ccc(OC)cc1. The van der Waals surface area contributed by atoms with Gasteiger partial charge in [-0.15, -0.1) is 0 Å². The fourth-order valence-corrected chi connectivity index (χ4v) is 11.3. The molecule has 0 radical (unpaired) electrons. The maximum Gasteiger partial charge on any atom is 0.321 e. The van der Waals surface area contributed by atoms with E-state index in [1.165, 1.54) is 0 Å². The van der Waals surface area contributed by atoms with Crippen LogP contribution in [0.5, 0.6) is 11.5 Å². The highest BCUT2D eigenvalue weighted by Crippen LogP contribution is 2.78. The number of rotatable bonds is 11. The van der Waals surface area contributed by atoms with Crippen molar-refractivity contribution in [2.24, 2.45) is 33.5 Å². The lowest BCUT2D eigenvalue weighted by Crippen LogP contribution is -2.67. The minimum Gasteiger partial charge on any atom is -0.497 e. The number of nitrogens with one attached hydrogen (secondary N) is 1. The van der Waals surface area contributed by atoms with Gasteiger partial charge in [-0.2, -0.15) is 0 Å². The molecule has 2 spiro atoms. The van der Waals surface area contributed by atoms with Gasteiger partial charge in [-0.25, -0.2) is 4.79 Å². The minimum absolute atomic E-state index is 0.00763. The maximum absolute atomic E-state index is 14.8. The zero-order chi connectivity index (χ0) is 36.2. The van der Waals surface area contributed by atoms with Gasteiger partial charge in [0.15, 0.2) is 5.78 Å². The third-order valence-electron chi connectivity index (χ3n) is 14.2. The second-order valence-electron chi connectivity index (χ2n) is 16.3. The Morgan fingerprint density at radius 1 is 0.863 bits per heavy atom. The van der Waals surface area contributed by atoms with Gasteiger partial charge in [0.25, 0.3) is 0 Å². The molecule has 2 aromatic carbocycles. The molecule has 51 heavy (non-hydrogen) atoms. The Bertz CT molecular complexity index is 1710. The van der Waals surface area contributed by atoms with Gasteiger partial charge in [0, 0.05) is 53.3 Å². The zero-order valence-electron chi connectivity index (χ0n) is 30.7. The number of amides is 2. The summed E-state index contributed by atoms with van der Waals surface area (Å²) in [6.45, 7) is 5.69. The third-order valence-corrected chi connectivity index (χ3v) is 14.2. The van der Waals surface area contributed by atoms with E-state index < -0.39 is 27.9 Å². The Morgan fingerprint density at radius 2 is 1.49 bits per heavy atom. The molecule has 0 saturated heterocycles. The van der Waals surface area contributed by atoms with Crippen LogP contribution in [0.15, 0.2) is 72.3 Å². The van der Waals surface area contributed by atoms with Crippen molar-refractivity contribution in [3.63, 3.8) is 0 Å². The summed E-state index contributed by atoms with van der Waals surface area (Å²) in [7, 11) is 4.88. The van der Waals surface area contributed by atoms with Gasteiger partial charge in [-0.05, 0) is 117 Å². The molecule has 0 heterocycles. The monoisotopic (exact) mass is 698 g/mol. The summed E-state index contributed by atoms with van der Waals surface area (Å²) in [5.41, 5.74) is -0.804. The zero-order valence-corrected chi connectivity index (χ0v) is 30.7. The van der Waals surface area contributed by atoms with Gasteiger partial charge in [0.1, 0.15) is 11.5 Å². The van der Waals surface area contributed by atoms with Crippen LogP contribution in [0.2, 0.25) is 0 Å². The number of carbonyl (C=O) groups is 2. The quantitative estimate of drug-likeness (QED) is 0.131. The molecule has 3 fully saturated rings. The summed E-state index contributed by atoms with van der Waals surface area (Å²) < 4.78 is 16.0. The number of ketones is 1. The van der Waals surface area contributed by atoms with Crippen LogP contribution in [0.4, 0.5) is 10.5 Å². The first-order valence-corrected chi connectivity index (χ1v) is 18.6. The number of fused-ring (bicyclic) bond motifs is 1. The molecule has 2 amide bonds. The van der Waals surface area contributed by atoms with E-state index in [0.717, 1.165) is 37.7 Å². The van der Waals surface area contributed by atoms with Crippen molar-refractivity contribution in [1.29, 1.82) is 0 Å². The number of Topliss-reactive ketones (excluding diaryl/α,β-unsaturated/α-hetero) is 1. The van der Waals surface area contributed by atoms with E-state index in [-0.39, 0.29) is 35.6 Å². The molecule has 8 atom stereocenters. The molecule has 3 N–H and O–H groups in total. The number of carbonyl (C=O) groups excluding carboxylic acids is 2. The largest absolute Gasteiger partial charge is 0.497 e. The van der Waals surface area contributed by atoms with E-state index in [2.05, 4.69) is 37.4 Å². The van der Waals surface area contributed by atoms with Crippen molar-refractivity contribution in [1.82, 2.24) is 4.90 Å². The Labute approximate surface area is 302 Å². The van der Waals surface area contributed by atoms with Crippen LogP contribution >= 0.6 is 0 Å². The van der Waals surface area contributed by atoms with Crippen LogP contribution < -0.4 is 14.8 Å². The van der Waals surface area contributed by atoms with Crippen LogP contribution in [0.3, 0.4) is 0 Å². The standard InChI is InChI=1S/C42H54N2O7/c1-38-18-15-30(45)25-40(38)21-22-42(33(26-40)36(46)28-7-11-31(50-4)12-8-28)34(38)16-19-39(2)35(42)17-20-41(39,48)27-44(23-6-24-49-3)37(47)43-29-9-13-32(51-5)14-10-29/h7-14,21-22,26,30,34-35,45,48H,6,15-20,23-25,27H2,1-5H3,(H,43,47). The molecule has 274 valence electrons. The third kappa shape index (κ3) is 5.45. The van der Waals surface area contributed by atoms with Gasteiger partial charge in [0.05, 0.1) is 32.5 Å². The Balaban J connectivity index is 1.25. The normalized spacial score (nSPS) is 36.0. The van der Waals surface area contributed by atoms with Gasteiger partial charge in [-0.3, -0.25) is 4.79 Å². The second kappa shape index (κ2) is 13.1. The van der Waals surface area contributed by atoms with E-state index in [4.69, 9.17) is 14.2 Å². The van der Waals surface area contributed by atoms with Crippen LogP contribution in [0.1, 0.15) is 75.6 Å². The number of aliphatic hydroxyl groups is 2. The van der Waals surface area contributed by atoms with Crippen molar-refractivity contribution < 1.29 is 34.0 Å². The predicted molar refractivity (Wildman–Crippen MR) is 196 cm³/mol. The first-order chi connectivity index (χ1) is 24.4. The highest BCUT2D eigenvalue weighted by atomic mass is 16.5. The molecule has 9 heteroatoms. The summed E-state index contributed by atoms with van der Waals surface area (Å²) in [4.78, 5) is 30.5. The number of anilines is 1. The summed E-state index contributed by atoms with van der Waals surface area (Å²) in [6, 6.07) is 14.3. The molecular formula is C42H54N2O7. The molecule has 9 nitrogen and oxygen atoms in total. The summed E-state index contributed by atoms with van der Waals surface area (Å²) in [5, 5.41) is 27.0. The Morgan fingerprint density at radius 3 is 2.16 bits per heavy atom. The predicted octanol–water partition coefficient (Wildman–Crippen LogP) is 7.05. The van der Waals surface area contributed by atoms with E-state index >= 15 is 0 Å². The summed E-state index contributed by atoms with van der Waals surface area (Å²) >= 11 is 0. The fraction of sp³-hybridized carbons (Fsp3) is 0.571.